The number of ether oxygens (including phenoxy) is 1. The van der Waals surface area contributed by atoms with Crippen molar-refractivity contribution in [1.29, 1.82) is 0 Å². The number of aromatic nitrogens is 6. The molecule has 312 valence electrons. The second-order valence-electron chi connectivity index (χ2n) is 18.7. The van der Waals surface area contributed by atoms with E-state index in [4.69, 9.17) is 14.8 Å². The van der Waals surface area contributed by atoms with Crippen molar-refractivity contribution >= 4 is 50.1 Å². The van der Waals surface area contributed by atoms with Gasteiger partial charge in [0.15, 0.2) is 22.5 Å². The minimum absolute atomic E-state index is 0.0232. The summed E-state index contributed by atoms with van der Waals surface area (Å²) in [5.74, 6) is 0.261. The fourth-order valence-electron chi connectivity index (χ4n) is 12.2. The summed E-state index contributed by atoms with van der Waals surface area (Å²) in [5.41, 5.74) is 4.90. The van der Waals surface area contributed by atoms with Gasteiger partial charge in [0.25, 0.3) is 0 Å². The van der Waals surface area contributed by atoms with Crippen LogP contribution in [0.4, 0.5) is 27.0 Å². The van der Waals surface area contributed by atoms with Crippen LogP contribution in [0.3, 0.4) is 0 Å². The van der Waals surface area contributed by atoms with Gasteiger partial charge in [0.1, 0.15) is 11.6 Å². The van der Waals surface area contributed by atoms with Crippen LogP contribution in [0.25, 0.3) is 21.3 Å². The number of likely N-dealkylation sites (N-methyl/N-ethyl adjacent to an activating group) is 1. The molecule has 4 bridgehead atoms. The standard InChI is InChI=1S/C44H54FN9O4S/c1-27-29-9-7-15-53(38(29)51-50-37(27)49-40-47-33-11-6-10-32(45)36(33)59-40)34-13-12-30(35(48-34)39(56)57)31-19-46-54(28(31)2)26-43-21-41(3)20-42(4,22-43)24-44(23-41,25-43)58-18-16-52(5)14-8-17-55/h6,10-13,19,55H,7-9,14-18,20-26H2,1-5H3,(H,56,57)(H,47,49,50). The summed E-state index contributed by atoms with van der Waals surface area (Å²) in [6, 6.07) is 8.57. The molecule has 5 aliphatic rings. The average Bonchev–Trinajstić information content (AvgIpc) is 3.75. The van der Waals surface area contributed by atoms with Gasteiger partial charge in [0, 0.05) is 60.7 Å². The predicted octanol–water partition coefficient (Wildman–Crippen LogP) is 8.08. The molecule has 0 saturated heterocycles. The lowest BCUT2D eigenvalue weighted by molar-refractivity contribution is -0.248. The van der Waals surface area contributed by atoms with E-state index in [-0.39, 0.29) is 40.0 Å². The molecule has 2 unspecified atom stereocenters. The quantitative estimate of drug-likeness (QED) is 0.0992. The number of carbonyl (C=O) groups is 1. The van der Waals surface area contributed by atoms with E-state index in [0.29, 0.717) is 51.5 Å². The van der Waals surface area contributed by atoms with E-state index >= 15 is 0 Å². The minimum atomic E-state index is -1.11. The predicted molar refractivity (Wildman–Crippen MR) is 226 cm³/mol. The zero-order chi connectivity index (χ0) is 41.3. The zero-order valence-electron chi connectivity index (χ0n) is 34.6. The van der Waals surface area contributed by atoms with Crippen LogP contribution in [0.5, 0.6) is 0 Å². The lowest BCUT2D eigenvalue weighted by Gasteiger charge is -2.69. The normalized spacial score (nSPS) is 25.9. The summed E-state index contributed by atoms with van der Waals surface area (Å²) in [6.07, 6.45) is 10.8. The molecule has 59 heavy (non-hydrogen) atoms. The van der Waals surface area contributed by atoms with Gasteiger partial charge in [-0.3, -0.25) is 4.68 Å². The van der Waals surface area contributed by atoms with E-state index < -0.39 is 5.97 Å². The van der Waals surface area contributed by atoms with E-state index in [2.05, 4.69) is 51.0 Å². The monoisotopic (exact) mass is 823 g/mol. The van der Waals surface area contributed by atoms with Gasteiger partial charge >= 0.3 is 5.97 Å². The highest BCUT2D eigenvalue weighted by Gasteiger charge is 2.66. The van der Waals surface area contributed by atoms with Crippen LogP contribution in [-0.4, -0.2) is 96.5 Å². The number of fused-ring (bicyclic) bond motifs is 2. The summed E-state index contributed by atoms with van der Waals surface area (Å²) >= 11 is 1.23. The molecule has 0 spiro atoms. The number of halogens is 1. The van der Waals surface area contributed by atoms with E-state index in [1.54, 1.807) is 18.3 Å². The molecule has 4 aromatic heterocycles. The van der Waals surface area contributed by atoms with Crippen LogP contribution in [0.2, 0.25) is 0 Å². The van der Waals surface area contributed by atoms with Crippen molar-refractivity contribution in [3.05, 3.63) is 64.9 Å². The van der Waals surface area contributed by atoms with Gasteiger partial charge in [-0.1, -0.05) is 31.3 Å². The smallest absolute Gasteiger partial charge is 0.355 e. The third-order valence-electron chi connectivity index (χ3n) is 13.4. The molecule has 13 nitrogen and oxygen atoms in total. The molecule has 15 heteroatoms. The molecule has 1 aliphatic heterocycles. The average molecular weight is 824 g/mol. The van der Waals surface area contributed by atoms with Gasteiger partial charge in [0.2, 0.25) is 0 Å². The Balaban J connectivity index is 0.959. The number of pyridine rings is 1. The van der Waals surface area contributed by atoms with Crippen molar-refractivity contribution < 1.29 is 24.1 Å². The molecule has 1 aromatic carbocycles. The molecule has 5 aromatic rings. The fraction of sp³-hybridized carbons (Fsp3) is 0.545. The first-order valence-corrected chi connectivity index (χ1v) is 21.7. The minimum Gasteiger partial charge on any atom is -0.476 e. The number of benzene rings is 1. The maximum Gasteiger partial charge on any atom is 0.355 e. The number of hydrogen-bond acceptors (Lipinski definition) is 12. The number of aromatic carboxylic acids is 1. The van der Waals surface area contributed by atoms with Crippen molar-refractivity contribution in [1.82, 2.24) is 34.8 Å². The molecule has 0 amide bonds. The van der Waals surface area contributed by atoms with E-state index in [1.807, 2.05) is 30.9 Å². The third-order valence-corrected chi connectivity index (χ3v) is 14.4. The van der Waals surface area contributed by atoms with Crippen LogP contribution in [0.15, 0.2) is 36.5 Å². The molecule has 4 aliphatic carbocycles. The fourth-order valence-corrected chi connectivity index (χ4v) is 13.0. The highest BCUT2D eigenvalue weighted by molar-refractivity contribution is 7.22. The lowest BCUT2D eigenvalue weighted by Crippen LogP contribution is -2.64. The Morgan fingerprint density at radius 1 is 1.02 bits per heavy atom. The first kappa shape index (κ1) is 39.9. The molecule has 10 rings (SSSR count). The van der Waals surface area contributed by atoms with Gasteiger partial charge < -0.3 is 30.1 Å². The van der Waals surface area contributed by atoms with Gasteiger partial charge in [-0.25, -0.2) is 19.2 Å². The summed E-state index contributed by atoms with van der Waals surface area (Å²) in [7, 11) is 2.09. The molecular weight excluding hydrogens is 770 g/mol. The Morgan fingerprint density at radius 3 is 2.56 bits per heavy atom. The van der Waals surface area contributed by atoms with Gasteiger partial charge in [-0.2, -0.15) is 5.10 Å². The molecule has 4 saturated carbocycles. The van der Waals surface area contributed by atoms with Crippen LogP contribution < -0.4 is 10.2 Å². The molecule has 5 heterocycles. The Morgan fingerprint density at radius 2 is 1.81 bits per heavy atom. The van der Waals surface area contributed by atoms with Crippen molar-refractivity contribution in [3.8, 4) is 11.1 Å². The van der Waals surface area contributed by atoms with Crippen molar-refractivity contribution in [2.45, 2.75) is 97.6 Å². The summed E-state index contributed by atoms with van der Waals surface area (Å²) in [6.45, 7) is 12.9. The van der Waals surface area contributed by atoms with Crippen molar-refractivity contribution in [2.24, 2.45) is 16.2 Å². The molecular formula is C44H54FN9O4S. The summed E-state index contributed by atoms with van der Waals surface area (Å²) in [4.78, 5) is 26.4. The molecule has 2 atom stereocenters. The second-order valence-corrected chi connectivity index (χ2v) is 19.7. The Hall–Kier alpha value is -4.57. The highest BCUT2D eigenvalue weighted by atomic mass is 32.1. The molecule has 4 fully saturated rings. The first-order valence-electron chi connectivity index (χ1n) is 20.9. The maximum absolute atomic E-state index is 14.4. The molecule has 0 radical (unpaired) electrons. The van der Waals surface area contributed by atoms with Crippen LogP contribution in [0, 0.1) is 35.9 Å². The topological polar surface area (TPSA) is 155 Å². The highest BCUT2D eigenvalue weighted by Crippen LogP contribution is 2.72. The second kappa shape index (κ2) is 14.9. The first-order chi connectivity index (χ1) is 28.2. The Bertz CT molecular complexity index is 2420. The number of hydrogen-bond donors (Lipinski definition) is 3. The summed E-state index contributed by atoms with van der Waals surface area (Å²) < 4.78 is 23.9. The van der Waals surface area contributed by atoms with E-state index in [0.717, 1.165) is 93.4 Å². The number of anilines is 4. The number of thiazole rings is 1. The number of rotatable bonds is 14. The number of carboxylic acids is 1. The van der Waals surface area contributed by atoms with E-state index in [9.17, 15) is 19.4 Å². The van der Waals surface area contributed by atoms with Crippen molar-refractivity contribution in [2.75, 3.05) is 50.1 Å². The number of nitrogens with one attached hydrogen (secondary N) is 1. The number of carboxylic acid groups (broad SMARTS) is 1. The van der Waals surface area contributed by atoms with Gasteiger partial charge in [-0.15, -0.1) is 10.2 Å². The van der Waals surface area contributed by atoms with Crippen LogP contribution in [-0.2, 0) is 17.7 Å². The van der Waals surface area contributed by atoms with Gasteiger partial charge in [-0.05, 0) is 119 Å². The Kier molecular flexibility index (Phi) is 10.0. The summed E-state index contributed by atoms with van der Waals surface area (Å²) in [5, 5.41) is 37.7. The number of aliphatic hydroxyl groups is 1. The molecule has 3 N–H and O–H groups in total. The van der Waals surface area contributed by atoms with E-state index in [1.165, 1.54) is 23.8 Å². The lowest BCUT2D eigenvalue weighted by atomic mass is 9.39. The van der Waals surface area contributed by atoms with Crippen molar-refractivity contribution in [3.63, 3.8) is 0 Å². The van der Waals surface area contributed by atoms with Crippen LogP contribution in [0.1, 0.15) is 92.5 Å². The Labute approximate surface area is 348 Å². The van der Waals surface area contributed by atoms with Gasteiger partial charge in [0.05, 0.1) is 28.6 Å². The number of aliphatic hydroxyl groups excluding tert-OH is 1. The maximum atomic E-state index is 14.4. The zero-order valence-corrected chi connectivity index (χ0v) is 35.5. The third kappa shape index (κ3) is 7.37. The number of nitrogens with zero attached hydrogens (tertiary/aromatic N) is 8. The SMILES string of the molecule is Cc1c(Nc2nc3cccc(F)c3s2)nnc2c1CCCN2c1ccc(-c2cnn(CC34CC5(C)CC(C)(C3)CC(OCCN(C)CCCO)(C5)C4)c2C)c(C(=O)O)n1. The van der Waals surface area contributed by atoms with Crippen LogP contribution >= 0.6 is 11.3 Å². The largest absolute Gasteiger partial charge is 0.476 e.